The van der Waals surface area contributed by atoms with Gasteiger partial charge in [-0.1, -0.05) is 20.8 Å². The van der Waals surface area contributed by atoms with Crippen molar-refractivity contribution in [2.45, 2.75) is 52.6 Å². The van der Waals surface area contributed by atoms with Crippen molar-refractivity contribution >= 4 is 5.97 Å². The summed E-state index contributed by atoms with van der Waals surface area (Å²) in [5.41, 5.74) is -0.579. The number of carbonyl (C=O) groups excluding carboxylic acids is 1. The average molecular weight is 201 g/mol. The van der Waals surface area contributed by atoms with Gasteiger partial charge in [0, 0.05) is 6.04 Å². The van der Waals surface area contributed by atoms with E-state index >= 15 is 0 Å². The molecule has 1 N–H and O–H groups in total. The van der Waals surface area contributed by atoms with Gasteiger partial charge >= 0.3 is 5.97 Å². The van der Waals surface area contributed by atoms with Gasteiger partial charge < -0.3 is 4.74 Å². The molecule has 0 radical (unpaired) electrons. The Labute approximate surface area is 87.2 Å². The highest BCUT2D eigenvalue weighted by atomic mass is 16.5. The number of hydrogen-bond acceptors (Lipinski definition) is 3. The second kappa shape index (κ2) is 5.35. The van der Waals surface area contributed by atoms with E-state index in [1.54, 1.807) is 0 Å². The van der Waals surface area contributed by atoms with Crippen molar-refractivity contribution in [3.63, 3.8) is 0 Å². The van der Waals surface area contributed by atoms with E-state index in [9.17, 15) is 4.79 Å². The summed E-state index contributed by atoms with van der Waals surface area (Å²) in [4.78, 5) is 11.6. The van der Waals surface area contributed by atoms with Gasteiger partial charge in [-0.05, 0) is 26.2 Å². The monoisotopic (exact) mass is 201 g/mol. The van der Waals surface area contributed by atoms with Crippen molar-refractivity contribution in [1.29, 1.82) is 0 Å². The normalized spacial score (nSPS) is 17.6. The number of ether oxygens (including phenoxy) is 1. The second-order valence-electron chi connectivity index (χ2n) is 4.30. The van der Waals surface area contributed by atoms with Crippen LogP contribution < -0.4 is 5.32 Å². The summed E-state index contributed by atoms with van der Waals surface area (Å²) in [6.45, 7) is 10.1. The number of esters is 1. The molecular weight excluding hydrogens is 178 g/mol. The first kappa shape index (κ1) is 13.4. The van der Waals surface area contributed by atoms with Gasteiger partial charge in [0.05, 0.1) is 7.11 Å². The van der Waals surface area contributed by atoms with Crippen molar-refractivity contribution in [1.82, 2.24) is 5.32 Å². The van der Waals surface area contributed by atoms with Crippen molar-refractivity contribution in [2.75, 3.05) is 7.11 Å². The van der Waals surface area contributed by atoms with Crippen LogP contribution in [-0.2, 0) is 9.53 Å². The van der Waals surface area contributed by atoms with Crippen LogP contribution in [0, 0.1) is 5.92 Å². The van der Waals surface area contributed by atoms with Gasteiger partial charge in [-0.2, -0.15) is 0 Å². The van der Waals surface area contributed by atoms with Crippen LogP contribution in [0.3, 0.4) is 0 Å². The SMILES string of the molecule is CCC(C)NC(C)(C(=O)OC)C(C)C. The predicted octanol–water partition coefficient (Wildman–Crippen LogP) is 1.96. The highest BCUT2D eigenvalue weighted by Gasteiger charge is 2.38. The predicted molar refractivity (Wildman–Crippen MR) is 58.1 cm³/mol. The van der Waals surface area contributed by atoms with E-state index in [4.69, 9.17) is 4.74 Å². The first-order valence-electron chi connectivity index (χ1n) is 5.24. The summed E-state index contributed by atoms with van der Waals surface area (Å²) in [7, 11) is 1.43. The maximum atomic E-state index is 11.6. The molecule has 84 valence electrons. The zero-order valence-electron chi connectivity index (χ0n) is 10.2. The van der Waals surface area contributed by atoms with Crippen molar-refractivity contribution in [3.05, 3.63) is 0 Å². The van der Waals surface area contributed by atoms with Gasteiger partial charge in [-0.15, -0.1) is 0 Å². The van der Waals surface area contributed by atoms with E-state index < -0.39 is 5.54 Å². The van der Waals surface area contributed by atoms with Crippen LogP contribution in [0.5, 0.6) is 0 Å². The van der Waals surface area contributed by atoms with Crippen LogP contribution in [-0.4, -0.2) is 24.7 Å². The van der Waals surface area contributed by atoms with E-state index in [1.165, 1.54) is 7.11 Å². The van der Waals surface area contributed by atoms with E-state index in [0.717, 1.165) is 6.42 Å². The third kappa shape index (κ3) is 2.98. The largest absolute Gasteiger partial charge is 0.468 e. The van der Waals surface area contributed by atoms with Crippen LogP contribution in [0.1, 0.15) is 41.0 Å². The Kier molecular flexibility index (Phi) is 5.13. The molecule has 0 heterocycles. The fourth-order valence-electron chi connectivity index (χ4n) is 1.29. The lowest BCUT2D eigenvalue weighted by atomic mass is 9.87. The lowest BCUT2D eigenvalue weighted by Crippen LogP contribution is -2.57. The molecule has 3 nitrogen and oxygen atoms in total. The van der Waals surface area contributed by atoms with Gasteiger partial charge in [-0.3, -0.25) is 10.1 Å². The lowest BCUT2D eigenvalue weighted by molar-refractivity contribution is -0.150. The summed E-state index contributed by atoms with van der Waals surface area (Å²) in [5, 5.41) is 3.32. The van der Waals surface area contributed by atoms with Crippen LogP contribution >= 0.6 is 0 Å². The van der Waals surface area contributed by atoms with Gasteiger partial charge in [0.2, 0.25) is 0 Å². The number of hydrogen-bond donors (Lipinski definition) is 1. The fourth-order valence-corrected chi connectivity index (χ4v) is 1.29. The molecule has 2 atom stereocenters. The van der Waals surface area contributed by atoms with Crippen LogP contribution in [0.25, 0.3) is 0 Å². The Morgan fingerprint density at radius 3 is 2.21 bits per heavy atom. The molecule has 0 bridgehead atoms. The summed E-state index contributed by atoms with van der Waals surface area (Å²) in [6.07, 6.45) is 0.999. The number of carbonyl (C=O) groups is 1. The highest BCUT2D eigenvalue weighted by Crippen LogP contribution is 2.19. The molecule has 0 aromatic rings. The Balaban J connectivity index is 4.64. The molecule has 0 aliphatic heterocycles. The third-order valence-electron chi connectivity index (χ3n) is 2.92. The molecule has 14 heavy (non-hydrogen) atoms. The zero-order valence-corrected chi connectivity index (χ0v) is 10.2. The minimum Gasteiger partial charge on any atom is -0.468 e. The number of nitrogens with one attached hydrogen (secondary N) is 1. The molecule has 0 spiro atoms. The maximum absolute atomic E-state index is 11.6. The Morgan fingerprint density at radius 2 is 1.93 bits per heavy atom. The van der Waals surface area contributed by atoms with Gasteiger partial charge in [0.25, 0.3) is 0 Å². The van der Waals surface area contributed by atoms with E-state index in [1.807, 2.05) is 20.8 Å². The number of methoxy groups -OCH3 is 1. The summed E-state index contributed by atoms with van der Waals surface area (Å²) < 4.78 is 4.82. The Bertz CT molecular complexity index is 192. The van der Waals surface area contributed by atoms with Gasteiger partial charge in [0.1, 0.15) is 5.54 Å². The minimum absolute atomic E-state index is 0.187. The molecule has 0 aliphatic carbocycles. The molecule has 2 unspecified atom stereocenters. The zero-order chi connectivity index (χ0) is 11.4. The molecule has 0 rings (SSSR count). The average Bonchev–Trinajstić information content (AvgIpc) is 2.15. The standard InChI is InChI=1S/C11H23NO2/c1-7-9(4)12-11(5,8(2)3)10(13)14-6/h8-9,12H,7H2,1-6H3. The quantitative estimate of drug-likeness (QED) is 0.691. The number of rotatable bonds is 5. The molecule has 0 saturated carbocycles. The summed E-state index contributed by atoms with van der Waals surface area (Å²) >= 11 is 0. The van der Waals surface area contributed by atoms with Crippen LogP contribution in [0.2, 0.25) is 0 Å². The Morgan fingerprint density at radius 1 is 1.43 bits per heavy atom. The van der Waals surface area contributed by atoms with Crippen LogP contribution in [0.4, 0.5) is 0 Å². The highest BCUT2D eigenvalue weighted by molar-refractivity contribution is 5.80. The fraction of sp³-hybridized carbons (Fsp3) is 0.909. The van der Waals surface area contributed by atoms with Crippen molar-refractivity contribution in [2.24, 2.45) is 5.92 Å². The lowest BCUT2D eigenvalue weighted by Gasteiger charge is -2.34. The van der Waals surface area contributed by atoms with E-state index in [2.05, 4.69) is 19.2 Å². The van der Waals surface area contributed by atoms with Crippen LogP contribution in [0.15, 0.2) is 0 Å². The van der Waals surface area contributed by atoms with E-state index in [0.29, 0.717) is 6.04 Å². The molecule has 0 saturated heterocycles. The molecule has 3 heteroatoms. The Hall–Kier alpha value is -0.570. The molecule has 0 fully saturated rings. The second-order valence-corrected chi connectivity index (χ2v) is 4.30. The van der Waals surface area contributed by atoms with E-state index in [-0.39, 0.29) is 11.9 Å². The first-order valence-corrected chi connectivity index (χ1v) is 5.24. The van der Waals surface area contributed by atoms with Gasteiger partial charge in [0.15, 0.2) is 0 Å². The third-order valence-corrected chi connectivity index (χ3v) is 2.92. The minimum atomic E-state index is -0.579. The van der Waals surface area contributed by atoms with Gasteiger partial charge in [-0.25, -0.2) is 0 Å². The maximum Gasteiger partial charge on any atom is 0.326 e. The topological polar surface area (TPSA) is 38.3 Å². The molecule has 0 aromatic carbocycles. The molecule has 0 aromatic heterocycles. The summed E-state index contributed by atoms with van der Waals surface area (Å²) in [6, 6.07) is 0.321. The summed E-state index contributed by atoms with van der Waals surface area (Å²) in [5.74, 6) is 0.0248. The smallest absolute Gasteiger partial charge is 0.326 e. The molecule has 0 aliphatic rings. The first-order chi connectivity index (χ1) is 6.38. The van der Waals surface area contributed by atoms with Crippen molar-refractivity contribution < 1.29 is 9.53 Å². The molecular formula is C11H23NO2. The van der Waals surface area contributed by atoms with Crippen molar-refractivity contribution in [3.8, 4) is 0 Å². The molecule has 0 amide bonds.